The zero-order chi connectivity index (χ0) is 19.1. The van der Waals surface area contributed by atoms with Crippen LogP contribution in [0.5, 0.6) is 0 Å². The van der Waals surface area contributed by atoms with Crippen molar-refractivity contribution >= 4 is 47.2 Å². The summed E-state index contributed by atoms with van der Waals surface area (Å²) in [5.74, 6) is 1.19. The minimum absolute atomic E-state index is 0. The minimum atomic E-state index is -0.00658. The molecular weight excluding hydrogens is 489 g/mol. The molecule has 1 saturated heterocycles. The van der Waals surface area contributed by atoms with Crippen molar-refractivity contribution in [2.75, 3.05) is 46.9 Å². The van der Waals surface area contributed by atoms with Crippen LogP contribution in [0.3, 0.4) is 0 Å². The van der Waals surface area contributed by atoms with Gasteiger partial charge in [-0.1, -0.05) is 0 Å². The SMILES string of the molecule is CN(C)C(=O)CN=C(NCCc1nc2c(s1)CCCC2)NCC1CCOC1.I. The molecule has 1 aliphatic carbocycles. The third kappa shape index (κ3) is 7.14. The largest absolute Gasteiger partial charge is 0.381 e. The lowest BCUT2D eigenvalue weighted by molar-refractivity contribution is -0.127. The zero-order valence-electron chi connectivity index (χ0n) is 16.8. The van der Waals surface area contributed by atoms with Crippen molar-refractivity contribution in [2.24, 2.45) is 10.9 Å². The lowest BCUT2D eigenvalue weighted by Gasteiger charge is -2.15. The summed E-state index contributed by atoms with van der Waals surface area (Å²) in [5.41, 5.74) is 1.31. The molecule has 158 valence electrons. The van der Waals surface area contributed by atoms with E-state index < -0.39 is 0 Å². The third-order valence-corrected chi connectivity index (χ3v) is 6.19. The van der Waals surface area contributed by atoms with E-state index >= 15 is 0 Å². The summed E-state index contributed by atoms with van der Waals surface area (Å²) in [6.07, 6.45) is 6.82. The Balaban J connectivity index is 0.00000280. The highest BCUT2D eigenvalue weighted by Crippen LogP contribution is 2.26. The molecule has 1 atom stereocenters. The van der Waals surface area contributed by atoms with Crippen LogP contribution in [0.25, 0.3) is 0 Å². The van der Waals surface area contributed by atoms with E-state index in [1.165, 1.54) is 34.8 Å². The molecule has 0 spiro atoms. The van der Waals surface area contributed by atoms with Gasteiger partial charge < -0.3 is 20.3 Å². The van der Waals surface area contributed by atoms with Crippen LogP contribution >= 0.6 is 35.3 Å². The summed E-state index contributed by atoms with van der Waals surface area (Å²) < 4.78 is 5.43. The zero-order valence-corrected chi connectivity index (χ0v) is 20.0. The summed E-state index contributed by atoms with van der Waals surface area (Å²) in [6.45, 7) is 3.35. The highest BCUT2D eigenvalue weighted by molar-refractivity contribution is 14.0. The Morgan fingerprint density at radius 1 is 1.32 bits per heavy atom. The van der Waals surface area contributed by atoms with Crippen LogP contribution in [0, 0.1) is 5.92 Å². The molecule has 2 aliphatic rings. The number of rotatable bonds is 7. The van der Waals surface area contributed by atoms with Crippen LogP contribution in [-0.4, -0.2) is 68.7 Å². The molecule has 0 bridgehead atoms. The molecular formula is C19H32IN5O2S. The number of ether oxygens (including phenoxy) is 1. The Kier molecular flexibility index (Phi) is 9.93. The quantitative estimate of drug-likeness (QED) is 0.326. The number of carbonyl (C=O) groups is 1. The molecule has 3 rings (SSSR count). The number of nitrogens with one attached hydrogen (secondary N) is 2. The van der Waals surface area contributed by atoms with E-state index in [1.54, 1.807) is 19.0 Å². The number of likely N-dealkylation sites (N-methyl/N-ethyl adjacent to an activating group) is 1. The Morgan fingerprint density at radius 3 is 2.86 bits per heavy atom. The standard InChI is InChI=1S/C19H31N5O2S.HI/c1-24(2)18(25)12-22-19(21-11-14-8-10-26-13-14)20-9-7-17-23-15-5-3-4-6-16(15)27-17;/h14H,3-13H2,1-2H3,(H2,20,21,22);1H. The third-order valence-electron chi connectivity index (χ3n) is 4.97. The van der Waals surface area contributed by atoms with Gasteiger partial charge >= 0.3 is 0 Å². The second-order valence-corrected chi connectivity index (χ2v) is 8.59. The van der Waals surface area contributed by atoms with E-state index in [0.717, 1.165) is 45.6 Å². The van der Waals surface area contributed by atoms with E-state index in [0.29, 0.717) is 11.9 Å². The van der Waals surface area contributed by atoms with Gasteiger partial charge in [-0.05, 0) is 32.1 Å². The van der Waals surface area contributed by atoms with Crippen LogP contribution in [0.2, 0.25) is 0 Å². The monoisotopic (exact) mass is 521 g/mol. The van der Waals surface area contributed by atoms with Crippen LogP contribution in [0.1, 0.15) is 34.8 Å². The summed E-state index contributed by atoms with van der Waals surface area (Å²) in [5, 5.41) is 7.92. The summed E-state index contributed by atoms with van der Waals surface area (Å²) in [6, 6.07) is 0. The first kappa shape index (κ1) is 23.3. The number of thiazole rings is 1. The number of nitrogens with zero attached hydrogens (tertiary/aromatic N) is 3. The average Bonchev–Trinajstić information content (AvgIpc) is 3.32. The van der Waals surface area contributed by atoms with Crippen LogP contribution < -0.4 is 10.6 Å². The number of carbonyl (C=O) groups excluding carboxylic acids is 1. The van der Waals surface area contributed by atoms with E-state index in [4.69, 9.17) is 9.72 Å². The molecule has 1 aromatic heterocycles. The number of fused-ring (bicyclic) bond motifs is 1. The van der Waals surface area contributed by atoms with Gasteiger partial charge in [-0.3, -0.25) is 4.79 Å². The normalized spacial score (nSPS) is 18.9. The summed E-state index contributed by atoms with van der Waals surface area (Å²) >= 11 is 1.85. The van der Waals surface area contributed by atoms with E-state index in [9.17, 15) is 4.79 Å². The highest BCUT2D eigenvalue weighted by atomic mass is 127. The number of hydrogen-bond donors (Lipinski definition) is 2. The Bertz CT molecular complexity index is 635. The van der Waals surface area contributed by atoms with Crippen LogP contribution in [0.15, 0.2) is 4.99 Å². The number of guanidine groups is 1. The fourth-order valence-electron chi connectivity index (χ4n) is 3.25. The van der Waals surface area contributed by atoms with Gasteiger partial charge in [0.05, 0.1) is 17.3 Å². The maximum atomic E-state index is 11.9. The number of aliphatic imine (C=N–C) groups is 1. The number of aryl methyl sites for hydroxylation is 2. The van der Waals surface area contributed by atoms with Gasteiger partial charge in [-0.25, -0.2) is 9.98 Å². The highest BCUT2D eigenvalue weighted by Gasteiger charge is 2.17. The lowest BCUT2D eigenvalue weighted by atomic mass is 10.0. The molecule has 1 aliphatic heterocycles. The maximum absolute atomic E-state index is 11.9. The Hall–Kier alpha value is -0.940. The average molecular weight is 521 g/mol. The van der Waals surface area contributed by atoms with Crippen molar-refractivity contribution in [3.05, 3.63) is 15.6 Å². The molecule has 1 unspecified atom stereocenters. The number of hydrogen-bond acceptors (Lipinski definition) is 5. The molecule has 2 heterocycles. The smallest absolute Gasteiger partial charge is 0.243 e. The molecule has 0 radical (unpaired) electrons. The van der Waals surface area contributed by atoms with Crippen molar-refractivity contribution in [3.8, 4) is 0 Å². The predicted molar refractivity (Wildman–Crippen MR) is 124 cm³/mol. The number of halogens is 1. The molecule has 28 heavy (non-hydrogen) atoms. The first-order chi connectivity index (χ1) is 13.1. The van der Waals surface area contributed by atoms with Gasteiger partial charge in [0.1, 0.15) is 6.54 Å². The van der Waals surface area contributed by atoms with E-state index in [1.807, 2.05) is 11.3 Å². The Labute approximate surface area is 188 Å². The summed E-state index contributed by atoms with van der Waals surface area (Å²) in [4.78, 5) is 24.1. The second-order valence-electron chi connectivity index (χ2n) is 7.42. The Morgan fingerprint density at radius 2 is 2.14 bits per heavy atom. The van der Waals surface area contributed by atoms with Gasteiger partial charge in [0.25, 0.3) is 0 Å². The fourth-order valence-corrected chi connectivity index (χ4v) is 4.40. The minimum Gasteiger partial charge on any atom is -0.381 e. The van der Waals surface area contributed by atoms with Crippen molar-refractivity contribution in [2.45, 2.75) is 38.5 Å². The van der Waals surface area contributed by atoms with Gasteiger partial charge in [-0.15, -0.1) is 35.3 Å². The number of aromatic nitrogens is 1. The van der Waals surface area contributed by atoms with Crippen LogP contribution in [-0.2, 0) is 28.8 Å². The first-order valence-electron chi connectivity index (χ1n) is 9.89. The molecule has 1 aromatic rings. The van der Waals surface area contributed by atoms with Crippen LogP contribution in [0.4, 0.5) is 0 Å². The molecule has 1 fully saturated rings. The van der Waals surface area contributed by atoms with Crippen molar-refractivity contribution in [1.29, 1.82) is 0 Å². The number of amides is 1. The van der Waals surface area contributed by atoms with Crippen molar-refractivity contribution < 1.29 is 9.53 Å². The molecule has 1 amide bonds. The second kappa shape index (κ2) is 11.9. The predicted octanol–water partition coefficient (Wildman–Crippen LogP) is 1.84. The summed E-state index contributed by atoms with van der Waals surface area (Å²) in [7, 11) is 3.50. The molecule has 2 N–H and O–H groups in total. The fraction of sp³-hybridized carbons (Fsp3) is 0.737. The molecule has 9 heteroatoms. The first-order valence-corrected chi connectivity index (χ1v) is 10.7. The van der Waals surface area contributed by atoms with E-state index in [-0.39, 0.29) is 36.4 Å². The molecule has 0 saturated carbocycles. The maximum Gasteiger partial charge on any atom is 0.243 e. The van der Waals surface area contributed by atoms with Crippen molar-refractivity contribution in [1.82, 2.24) is 20.5 Å². The van der Waals surface area contributed by atoms with Gasteiger partial charge in [-0.2, -0.15) is 0 Å². The molecule has 7 nitrogen and oxygen atoms in total. The van der Waals surface area contributed by atoms with E-state index in [2.05, 4.69) is 15.6 Å². The van der Waals surface area contributed by atoms with Gasteiger partial charge in [0.2, 0.25) is 5.91 Å². The van der Waals surface area contributed by atoms with Crippen molar-refractivity contribution in [3.63, 3.8) is 0 Å². The topological polar surface area (TPSA) is 78.9 Å². The lowest BCUT2D eigenvalue weighted by Crippen LogP contribution is -2.41. The van der Waals surface area contributed by atoms with Gasteiger partial charge in [0.15, 0.2) is 5.96 Å². The van der Waals surface area contributed by atoms with Gasteiger partial charge in [0, 0.05) is 51.0 Å². The molecule has 0 aromatic carbocycles.